The van der Waals surface area contributed by atoms with Gasteiger partial charge in [-0.25, -0.2) is 4.98 Å². The lowest BCUT2D eigenvalue weighted by Crippen LogP contribution is -2.00. The smallest absolute Gasteiger partial charge is 0.202 e. The topological polar surface area (TPSA) is 50.7 Å². The van der Waals surface area contributed by atoms with Crippen LogP contribution >= 0.6 is 11.6 Å². The Morgan fingerprint density at radius 1 is 1.55 bits per heavy atom. The molecule has 106 valence electrons. The van der Waals surface area contributed by atoms with Crippen LogP contribution < -0.4 is 0 Å². The normalized spacial score (nSPS) is 11.3. The van der Waals surface area contributed by atoms with Crippen molar-refractivity contribution in [2.24, 2.45) is 7.05 Å². The largest absolute Gasteiger partial charge is 0.359 e. The van der Waals surface area contributed by atoms with Gasteiger partial charge in [-0.2, -0.15) is 0 Å². The molecule has 0 atom stereocenters. The maximum absolute atomic E-state index is 11.9. The molecule has 0 saturated heterocycles. The van der Waals surface area contributed by atoms with E-state index in [-0.39, 0.29) is 5.78 Å². The van der Waals surface area contributed by atoms with Crippen molar-refractivity contribution in [2.45, 2.75) is 26.2 Å². The Hall–Kier alpha value is -1.81. The first-order chi connectivity index (χ1) is 9.63. The Labute approximate surface area is 123 Å². The van der Waals surface area contributed by atoms with Crippen molar-refractivity contribution in [3.8, 4) is 0 Å². The molecule has 0 aromatic carbocycles. The molecular formula is C15H18ClN3O. The number of hydrogen-bond donors (Lipinski definition) is 1. The average Bonchev–Trinajstić information content (AvgIpc) is 3.04. The molecule has 2 rings (SSSR count). The first-order valence-corrected chi connectivity index (χ1v) is 7.08. The lowest BCUT2D eigenvalue weighted by molar-refractivity contribution is 0.104. The van der Waals surface area contributed by atoms with Crippen LogP contribution in [0.15, 0.2) is 24.4 Å². The number of nitrogens with one attached hydrogen (secondary N) is 1. The monoisotopic (exact) mass is 291 g/mol. The number of H-pyrrole nitrogens is 1. The summed E-state index contributed by atoms with van der Waals surface area (Å²) in [6.07, 6.45) is 8.03. The summed E-state index contributed by atoms with van der Waals surface area (Å²) in [7, 11) is 1.92. The fraction of sp³-hybridized carbons (Fsp3) is 0.333. The van der Waals surface area contributed by atoms with Crippen LogP contribution in [0.5, 0.6) is 0 Å². The summed E-state index contributed by atoms with van der Waals surface area (Å²) in [4.78, 5) is 19.1. The molecule has 0 saturated carbocycles. The minimum Gasteiger partial charge on any atom is -0.359 e. The van der Waals surface area contributed by atoms with Crippen molar-refractivity contribution in [2.75, 3.05) is 0 Å². The van der Waals surface area contributed by atoms with Crippen LogP contribution in [0.2, 0.25) is 5.15 Å². The lowest BCUT2D eigenvalue weighted by atomic mass is 10.2. The zero-order chi connectivity index (χ0) is 14.5. The number of carbonyl (C=O) groups is 1. The SMILES string of the molecule is CCCCc1nc(Cl)c(C=CC(=O)c2ccc[nH]2)n1C. The fourth-order valence-corrected chi connectivity index (χ4v) is 2.28. The standard InChI is InChI=1S/C15H18ClN3O/c1-3-4-7-14-18-15(16)12(19(14)2)8-9-13(20)11-6-5-10-17-11/h5-6,8-10,17H,3-4,7H2,1-2H3. The number of nitrogens with zero attached hydrogens (tertiary/aromatic N) is 2. The van der Waals surface area contributed by atoms with E-state index in [9.17, 15) is 4.79 Å². The Kier molecular flexibility index (Phi) is 4.79. The summed E-state index contributed by atoms with van der Waals surface area (Å²) >= 11 is 6.14. The Bertz CT molecular complexity index is 611. The van der Waals surface area contributed by atoms with Crippen molar-refractivity contribution >= 4 is 23.5 Å². The number of unbranched alkanes of at least 4 members (excludes halogenated alkanes) is 1. The molecule has 0 aliphatic carbocycles. The van der Waals surface area contributed by atoms with E-state index in [0.717, 1.165) is 30.8 Å². The number of ketones is 1. The van der Waals surface area contributed by atoms with Gasteiger partial charge < -0.3 is 9.55 Å². The minimum absolute atomic E-state index is 0.0811. The molecule has 0 bridgehead atoms. The summed E-state index contributed by atoms with van der Waals surface area (Å²) in [5.74, 6) is 0.867. The van der Waals surface area contributed by atoms with Crippen LogP contribution in [0, 0.1) is 0 Å². The number of aryl methyl sites for hydroxylation is 1. The van der Waals surface area contributed by atoms with Gasteiger partial charge in [-0.05, 0) is 30.7 Å². The molecule has 0 spiro atoms. The van der Waals surface area contributed by atoms with E-state index in [0.29, 0.717) is 10.8 Å². The number of allylic oxidation sites excluding steroid dienone is 1. The maximum Gasteiger partial charge on any atom is 0.202 e. The van der Waals surface area contributed by atoms with E-state index >= 15 is 0 Å². The second-order valence-corrected chi connectivity index (χ2v) is 5.01. The van der Waals surface area contributed by atoms with Crippen LogP contribution in [-0.4, -0.2) is 20.3 Å². The van der Waals surface area contributed by atoms with Crippen molar-refractivity contribution in [1.29, 1.82) is 0 Å². The van der Waals surface area contributed by atoms with Crippen molar-refractivity contribution in [3.05, 3.63) is 46.8 Å². The Morgan fingerprint density at radius 2 is 2.35 bits per heavy atom. The molecule has 5 heteroatoms. The van der Waals surface area contributed by atoms with Gasteiger partial charge in [-0.15, -0.1) is 0 Å². The van der Waals surface area contributed by atoms with Crippen molar-refractivity contribution in [1.82, 2.24) is 14.5 Å². The molecule has 0 aliphatic rings. The summed E-state index contributed by atoms with van der Waals surface area (Å²) in [5, 5.41) is 0.439. The third-order valence-electron chi connectivity index (χ3n) is 3.20. The highest BCUT2D eigenvalue weighted by Crippen LogP contribution is 2.19. The van der Waals surface area contributed by atoms with Crippen LogP contribution in [-0.2, 0) is 13.5 Å². The molecule has 0 unspecified atom stereocenters. The molecule has 0 amide bonds. The van der Waals surface area contributed by atoms with E-state index in [1.54, 1.807) is 24.4 Å². The van der Waals surface area contributed by atoms with E-state index < -0.39 is 0 Å². The van der Waals surface area contributed by atoms with Crippen LogP contribution in [0.3, 0.4) is 0 Å². The van der Waals surface area contributed by atoms with Crippen LogP contribution in [0.4, 0.5) is 0 Å². The summed E-state index contributed by atoms with van der Waals surface area (Å²) in [6.45, 7) is 2.14. The molecule has 1 N–H and O–H groups in total. The summed E-state index contributed by atoms with van der Waals surface area (Å²) in [5.41, 5.74) is 1.32. The first-order valence-electron chi connectivity index (χ1n) is 6.70. The van der Waals surface area contributed by atoms with E-state index in [1.165, 1.54) is 6.08 Å². The van der Waals surface area contributed by atoms with Crippen molar-refractivity contribution in [3.63, 3.8) is 0 Å². The zero-order valence-corrected chi connectivity index (χ0v) is 12.4. The fourth-order valence-electron chi connectivity index (χ4n) is 1.99. The highest BCUT2D eigenvalue weighted by Gasteiger charge is 2.11. The van der Waals surface area contributed by atoms with Gasteiger partial charge in [0.1, 0.15) is 5.82 Å². The number of rotatable bonds is 6. The molecule has 4 nitrogen and oxygen atoms in total. The minimum atomic E-state index is -0.0811. The highest BCUT2D eigenvalue weighted by atomic mass is 35.5. The van der Waals surface area contributed by atoms with Crippen LogP contribution in [0.25, 0.3) is 6.08 Å². The number of aromatic nitrogens is 3. The molecule has 2 aromatic rings. The molecule has 0 aliphatic heterocycles. The van der Waals surface area contributed by atoms with Gasteiger partial charge in [0, 0.05) is 19.7 Å². The van der Waals surface area contributed by atoms with Gasteiger partial charge in [0.05, 0.1) is 11.4 Å². The van der Waals surface area contributed by atoms with Gasteiger partial charge in [-0.1, -0.05) is 24.9 Å². The van der Waals surface area contributed by atoms with Gasteiger partial charge in [0.2, 0.25) is 5.78 Å². The van der Waals surface area contributed by atoms with Gasteiger partial charge in [0.15, 0.2) is 5.15 Å². The van der Waals surface area contributed by atoms with Gasteiger partial charge >= 0.3 is 0 Å². The molecule has 0 radical (unpaired) electrons. The predicted molar refractivity (Wildman–Crippen MR) is 81.0 cm³/mol. The number of imidazole rings is 1. The van der Waals surface area contributed by atoms with Gasteiger partial charge in [-0.3, -0.25) is 4.79 Å². The Morgan fingerprint density at radius 3 is 3.00 bits per heavy atom. The van der Waals surface area contributed by atoms with Crippen LogP contribution in [0.1, 0.15) is 41.8 Å². The third-order valence-corrected chi connectivity index (χ3v) is 3.48. The lowest BCUT2D eigenvalue weighted by Gasteiger charge is -2.02. The quantitative estimate of drug-likeness (QED) is 0.652. The molecular weight excluding hydrogens is 274 g/mol. The summed E-state index contributed by atoms with van der Waals surface area (Å²) in [6, 6.07) is 3.53. The molecule has 2 aromatic heterocycles. The second kappa shape index (κ2) is 6.57. The zero-order valence-electron chi connectivity index (χ0n) is 11.7. The second-order valence-electron chi connectivity index (χ2n) is 4.65. The number of hydrogen-bond acceptors (Lipinski definition) is 2. The van der Waals surface area contributed by atoms with Crippen molar-refractivity contribution < 1.29 is 4.79 Å². The number of aromatic amines is 1. The average molecular weight is 292 g/mol. The maximum atomic E-state index is 11.9. The highest BCUT2D eigenvalue weighted by molar-refractivity contribution is 6.30. The third kappa shape index (κ3) is 3.20. The summed E-state index contributed by atoms with van der Waals surface area (Å²) < 4.78 is 1.94. The predicted octanol–water partition coefficient (Wildman–Crippen LogP) is 3.64. The van der Waals surface area contributed by atoms with E-state index in [2.05, 4.69) is 16.9 Å². The van der Waals surface area contributed by atoms with E-state index in [4.69, 9.17) is 11.6 Å². The Balaban J connectivity index is 2.17. The van der Waals surface area contributed by atoms with E-state index in [1.807, 2.05) is 11.6 Å². The molecule has 20 heavy (non-hydrogen) atoms. The number of halogens is 1. The van der Waals surface area contributed by atoms with Gasteiger partial charge in [0.25, 0.3) is 0 Å². The molecule has 0 fully saturated rings. The number of carbonyl (C=O) groups excluding carboxylic acids is 1. The molecule has 2 heterocycles. The first kappa shape index (κ1) is 14.6.